The van der Waals surface area contributed by atoms with Crippen LogP contribution in [0.3, 0.4) is 0 Å². The van der Waals surface area contributed by atoms with Gasteiger partial charge in [0.1, 0.15) is 21.8 Å². The third kappa shape index (κ3) is 4.91. The van der Waals surface area contributed by atoms with Gasteiger partial charge in [0.25, 0.3) is 0 Å². The number of alkyl halides is 2. The number of amides is 1. The first-order valence-electron chi connectivity index (χ1n) is 9.89. The second-order valence-electron chi connectivity index (χ2n) is 7.82. The van der Waals surface area contributed by atoms with Crippen LogP contribution in [0, 0.1) is 23.4 Å². The fourth-order valence-electron chi connectivity index (χ4n) is 3.82. The predicted octanol–water partition coefficient (Wildman–Crippen LogP) is 7.36. The van der Waals surface area contributed by atoms with Crippen LogP contribution in [-0.4, -0.2) is 16.0 Å². The summed E-state index contributed by atoms with van der Waals surface area (Å²) >= 11 is 24.6. The lowest BCUT2D eigenvalue weighted by molar-refractivity contribution is -0.117. The summed E-state index contributed by atoms with van der Waals surface area (Å²) in [5.74, 6) is -5.15. The summed E-state index contributed by atoms with van der Waals surface area (Å²) in [5.41, 5.74) is 0.142. The molecule has 0 saturated heterocycles. The number of nitrogens with one attached hydrogen (secondary N) is 1. The lowest BCUT2D eigenvalue weighted by Crippen LogP contribution is -2.17. The third-order valence-corrected chi connectivity index (χ3v) is 7.00. The molecule has 1 amide bonds. The molecule has 0 heterocycles. The van der Waals surface area contributed by atoms with Gasteiger partial charge in [-0.05, 0) is 54.1 Å². The topological polar surface area (TPSA) is 46.2 Å². The van der Waals surface area contributed by atoms with Crippen LogP contribution in [0.15, 0.2) is 54.6 Å². The molecule has 2 atom stereocenters. The summed E-state index contributed by atoms with van der Waals surface area (Å²) in [5, 5.41) is 2.78. The van der Waals surface area contributed by atoms with Crippen molar-refractivity contribution in [3.05, 3.63) is 98.8 Å². The molecular formula is C24H14Cl4F3NO2. The Morgan fingerprint density at radius 2 is 1.62 bits per heavy atom. The van der Waals surface area contributed by atoms with Crippen molar-refractivity contribution in [2.24, 2.45) is 5.92 Å². The minimum Gasteiger partial charge on any atom is -0.326 e. The monoisotopic (exact) mass is 545 g/mol. The zero-order chi connectivity index (χ0) is 24.8. The minimum absolute atomic E-state index is 0.0330. The SMILES string of the molecule is O=C(Cc1c(F)cccc1F)c1cc(NC(=O)C2C(c3cc(F)cc(Cl)c3)C2(Cl)Cl)ccc1Cl. The molecule has 1 aliphatic rings. The molecule has 1 N–H and O–H groups in total. The molecule has 4 rings (SSSR count). The van der Waals surface area contributed by atoms with Crippen LogP contribution in [0.25, 0.3) is 0 Å². The molecule has 0 spiro atoms. The first-order valence-corrected chi connectivity index (χ1v) is 11.4. The number of rotatable bonds is 6. The summed E-state index contributed by atoms with van der Waals surface area (Å²) in [6.45, 7) is 0. The number of hydrogen-bond donors (Lipinski definition) is 1. The van der Waals surface area contributed by atoms with Gasteiger partial charge >= 0.3 is 0 Å². The Hall–Kier alpha value is -2.25. The van der Waals surface area contributed by atoms with Gasteiger partial charge in [-0.15, -0.1) is 23.2 Å². The van der Waals surface area contributed by atoms with E-state index in [-0.39, 0.29) is 26.9 Å². The fourth-order valence-corrected chi connectivity index (χ4v) is 5.10. The molecule has 1 fully saturated rings. The standard InChI is InChI=1S/C24H14Cl4F3NO2/c25-12-6-11(7-13(29)8-12)21-22(24(21,27)28)23(34)32-14-4-5-17(26)15(9-14)20(33)10-16-18(30)2-1-3-19(16)31/h1-9,21-22H,10H2,(H,32,34). The Morgan fingerprint density at radius 3 is 2.26 bits per heavy atom. The lowest BCUT2D eigenvalue weighted by atomic mass is 10.0. The van der Waals surface area contributed by atoms with E-state index in [1.807, 2.05) is 0 Å². The van der Waals surface area contributed by atoms with Crippen LogP contribution in [0.4, 0.5) is 18.9 Å². The molecule has 0 bridgehead atoms. The van der Waals surface area contributed by atoms with E-state index in [4.69, 9.17) is 46.4 Å². The molecule has 2 unspecified atom stereocenters. The zero-order valence-electron chi connectivity index (χ0n) is 17.0. The van der Waals surface area contributed by atoms with Crippen LogP contribution in [0.5, 0.6) is 0 Å². The summed E-state index contributed by atoms with van der Waals surface area (Å²) in [6.07, 6.45) is -0.562. The Bertz CT molecular complexity index is 1270. The molecule has 34 heavy (non-hydrogen) atoms. The van der Waals surface area contributed by atoms with Crippen LogP contribution >= 0.6 is 46.4 Å². The summed E-state index contributed by atoms with van der Waals surface area (Å²) < 4.78 is 40.1. The summed E-state index contributed by atoms with van der Waals surface area (Å²) in [6, 6.07) is 11.2. The van der Waals surface area contributed by atoms with Crippen molar-refractivity contribution in [1.82, 2.24) is 0 Å². The Labute approximate surface area is 212 Å². The minimum atomic E-state index is -1.49. The Kier molecular flexibility index (Phi) is 6.89. The molecule has 3 aromatic rings. The second-order valence-corrected chi connectivity index (χ2v) is 10.1. The average Bonchev–Trinajstić information content (AvgIpc) is 3.33. The van der Waals surface area contributed by atoms with Crippen molar-refractivity contribution in [3.63, 3.8) is 0 Å². The number of carbonyl (C=O) groups excluding carboxylic acids is 2. The van der Waals surface area contributed by atoms with E-state index < -0.39 is 51.7 Å². The molecular weight excluding hydrogens is 533 g/mol. The van der Waals surface area contributed by atoms with Gasteiger partial charge in [0.05, 0.1) is 10.9 Å². The average molecular weight is 547 g/mol. The van der Waals surface area contributed by atoms with E-state index in [2.05, 4.69) is 5.32 Å². The van der Waals surface area contributed by atoms with Gasteiger partial charge in [-0.1, -0.05) is 29.3 Å². The van der Waals surface area contributed by atoms with Crippen LogP contribution in [0.2, 0.25) is 10.0 Å². The van der Waals surface area contributed by atoms with Crippen molar-refractivity contribution < 1.29 is 22.8 Å². The maximum absolute atomic E-state index is 13.9. The second kappa shape index (κ2) is 9.42. The van der Waals surface area contributed by atoms with Gasteiger partial charge < -0.3 is 5.32 Å². The highest BCUT2D eigenvalue weighted by Gasteiger charge is 2.67. The van der Waals surface area contributed by atoms with Gasteiger partial charge in [0, 0.05) is 34.2 Å². The van der Waals surface area contributed by atoms with Gasteiger partial charge in [-0.3, -0.25) is 9.59 Å². The highest BCUT2D eigenvalue weighted by Crippen LogP contribution is 2.65. The quantitative estimate of drug-likeness (QED) is 0.259. The Morgan fingerprint density at radius 1 is 0.941 bits per heavy atom. The lowest BCUT2D eigenvalue weighted by Gasteiger charge is -2.10. The predicted molar refractivity (Wildman–Crippen MR) is 127 cm³/mol. The largest absolute Gasteiger partial charge is 0.326 e. The zero-order valence-corrected chi connectivity index (χ0v) is 20.0. The van der Waals surface area contributed by atoms with Crippen LogP contribution in [0.1, 0.15) is 27.4 Å². The maximum atomic E-state index is 13.9. The number of anilines is 1. The van der Waals surface area contributed by atoms with E-state index in [9.17, 15) is 22.8 Å². The van der Waals surface area contributed by atoms with Crippen LogP contribution < -0.4 is 5.32 Å². The molecule has 176 valence electrons. The Balaban J connectivity index is 1.53. The number of halogens is 7. The molecule has 0 aromatic heterocycles. The number of hydrogen-bond acceptors (Lipinski definition) is 2. The molecule has 10 heteroatoms. The first kappa shape index (κ1) is 24.9. The van der Waals surface area contributed by atoms with Gasteiger partial charge in [0.2, 0.25) is 5.91 Å². The van der Waals surface area contributed by atoms with Crippen molar-refractivity contribution in [2.45, 2.75) is 16.7 Å². The van der Waals surface area contributed by atoms with E-state index in [1.54, 1.807) is 0 Å². The normalized spacial score (nSPS) is 18.4. The smallest absolute Gasteiger partial charge is 0.231 e. The van der Waals surface area contributed by atoms with E-state index >= 15 is 0 Å². The number of ketones is 1. The number of carbonyl (C=O) groups is 2. The highest BCUT2D eigenvalue weighted by atomic mass is 35.5. The molecule has 0 radical (unpaired) electrons. The van der Waals surface area contributed by atoms with Gasteiger partial charge in [-0.2, -0.15) is 0 Å². The molecule has 3 nitrogen and oxygen atoms in total. The molecule has 0 aliphatic heterocycles. The van der Waals surface area contributed by atoms with E-state index in [0.717, 1.165) is 18.2 Å². The third-order valence-electron chi connectivity index (χ3n) is 5.51. The molecule has 1 saturated carbocycles. The van der Waals surface area contributed by atoms with Crippen LogP contribution in [-0.2, 0) is 11.2 Å². The van der Waals surface area contributed by atoms with Gasteiger partial charge in [0.15, 0.2) is 5.78 Å². The fraction of sp³-hybridized carbons (Fsp3) is 0.167. The maximum Gasteiger partial charge on any atom is 0.231 e. The van der Waals surface area contributed by atoms with E-state index in [0.29, 0.717) is 5.56 Å². The van der Waals surface area contributed by atoms with Crippen molar-refractivity contribution in [2.75, 3.05) is 5.32 Å². The van der Waals surface area contributed by atoms with Crippen molar-refractivity contribution in [1.29, 1.82) is 0 Å². The highest BCUT2D eigenvalue weighted by molar-refractivity contribution is 6.53. The summed E-state index contributed by atoms with van der Waals surface area (Å²) in [4.78, 5) is 25.6. The van der Waals surface area contributed by atoms with Crippen molar-refractivity contribution >= 4 is 63.8 Å². The van der Waals surface area contributed by atoms with Crippen molar-refractivity contribution in [3.8, 4) is 0 Å². The number of benzene rings is 3. The first-order chi connectivity index (χ1) is 16.0. The molecule has 1 aliphatic carbocycles. The van der Waals surface area contributed by atoms with Gasteiger partial charge in [-0.25, -0.2) is 13.2 Å². The van der Waals surface area contributed by atoms with E-state index in [1.165, 1.54) is 36.4 Å². The molecule has 3 aromatic carbocycles. The number of Topliss-reactive ketones (excluding diaryl/α,β-unsaturated/α-hetero) is 1. The summed E-state index contributed by atoms with van der Waals surface area (Å²) in [7, 11) is 0.